The van der Waals surface area contributed by atoms with E-state index in [1.54, 1.807) is 18.2 Å². The molecule has 0 aliphatic carbocycles. The van der Waals surface area contributed by atoms with Gasteiger partial charge in [-0.2, -0.15) is 5.26 Å². The molecule has 0 heterocycles. The van der Waals surface area contributed by atoms with Gasteiger partial charge >= 0.3 is 0 Å². The van der Waals surface area contributed by atoms with Crippen LogP contribution >= 0.6 is 15.9 Å². The van der Waals surface area contributed by atoms with E-state index in [2.05, 4.69) is 15.9 Å². The summed E-state index contributed by atoms with van der Waals surface area (Å²) in [7, 11) is 0. The molecule has 0 aliphatic heterocycles. The van der Waals surface area contributed by atoms with Gasteiger partial charge in [0, 0.05) is 10.5 Å². The second-order valence-electron chi connectivity index (χ2n) is 3.54. The molecule has 2 aromatic rings. The molecule has 0 fully saturated rings. The van der Waals surface area contributed by atoms with E-state index in [0.29, 0.717) is 17.1 Å². The summed E-state index contributed by atoms with van der Waals surface area (Å²) in [6.45, 7) is 0. The van der Waals surface area contributed by atoms with Crippen molar-refractivity contribution in [2.45, 2.75) is 0 Å². The van der Waals surface area contributed by atoms with Crippen molar-refractivity contribution in [1.82, 2.24) is 0 Å². The highest BCUT2D eigenvalue weighted by molar-refractivity contribution is 9.10. The Morgan fingerprint density at radius 1 is 1.17 bits per heavy atom. The molecule has 0 saturated heterocycles. The van der Waals surface area contributed by atoms with E-state index >= 15 is 0 Å². The van der Waals surface area contributed by atoms with E-state index in [1.807, 2.05) is 6.07 Å². The molecule has 0 spiro atoms. The molecule has 2 aromatic carbocycles. The largest absolute Gasteiger partial charge is 0.454 e. The maximum absolute atomic E-state index is 12.9. The summed E-state index contributed by atoms with van der Waals surface area (Å²) in [6.07, 6.45) is 0. The molecule has 3 nitrogen and oxygen atoms in total. The van der Waals surface area contributed by atoms with E-state index in [0.717, 1.165) is 4.47 Å². The van der Waals surface area contributed by atoms with Gasteiger partial charge in [0.2, 0.25) is 0 Å². The second kappa shape index (κ2) is 5.07. The molecule has 0 atom stereocenters. The van der Waals surface area contributed by atoms with Crippen molar-refractivity contribution in [1.29, 1.82) is 5.26 Å². The van der Waals surface area contributed by atoms with Gasteiger partial charge < -0.3 is 10.5 Å². The molecule has 2 N–H and O–H groups in total. The predicted molar refractivity (Wildman–Crippen MR) is 69.7 cm³/mol. The first-order valence-corrected chi connectivity index (χ1v) is 5.82. The number of rotatable bonds is 2. The molecule has 90 valence electrons. The lowest BCUT2D eigenvalue weighted by atomic mass is 10.2. The molecular weight excluding hydrogens is 299 g/mol. The van der Waals surface area contributed by atoms with Crippen molar-refractivity contribution in [3.8, 4) is 17.6 Å². The van der Waals surface area contributed by atoms with Gasteiger partial charge in [-0.25, -0.2) is 4.39 Å². The molecule has 0 bridgehead atoms. The van der Waals surface area contributed by atoms with Gasteiger partial charge in [0.15, 0.2) is 5.75 Å². The Kier molecular flexibility index (Phi) is 3.49. The van der Waals surface area contributed by atoms with Crippen LogP contribution in [0.3, 0.4) is 0 Å². The first-order chi connectivity index (χ1) is 8.60. The number of ether oxygens (including phenoxy) is 1. The molecular formula is C13H8BrFN2O. The smallest absolute Gasteiger partial charge is 0.150 e. The van der Waals surface area contributed by atoms with Crippen LogP contribution in [0.5, 0.6) is 11.5 Å². The molecule has 0 radical (unpaired) electrons. The standard InChI is InChI=1S/C13H8BrFN2O/c14-9-2-1-8(7-16)13(5-9)18-12-4-3-10(15)6-11(12)17/h1-6H,17H2. The summed E-state index contributed by atoms with van der Waals surface area (Å²) in [5, 5.41) is 8.96. The van der Waals surface area contributed by atoms with Crippen LogP contribution in [0.25, 0.3) is 0 Å². The monoisotopic (exact) mass is 306 g/mol. The molecule has 18 heavy (non-hydrogen) atoms. The van der Waals surface area contributed by atoms with Crippen LogP contribution in [-0.4, -0.2) is 0 Å². The highest BCUT2D eigenvalue weighted by Crippen LogP contribution is 2.31. The molecule has 5 heteroatoms. The van der Waals surface area contributed by atoms with Crippen molar-refractivity contribution in [3.63, 3.8) is 0 Å². The minimum absolute atomic E-state index is 0.180. The predicted octanol–water partition coefficient (Wildman–Crippen LogP) is 3.83. The minimum Gasteiger partial charge on any atom is -0.454 e. The number of anilines is 1. The number of nitrogen functional groups attached to an aromatic ring is 1. The van der Waals surface area contributed by atoms with Crippen molar-refractivity contribution < 1.29 is 9.13 Å². The fourth-order valence-corrected chi connectivity index (χ4v) is 1.74. The Hall–Kier alpha value is -2.06. The van der Waals surface area contributed by atoms with Crippen molar-refractivity contribution in [2.24, 2.45) is 0 Å². The number of benzene rings is 2. The van der Waals surface area contributed by atoms with E-state index in [1.165, 1.54) is 18.2 Å². The quantitative estimate of drug-likeness (QED) is 0.858. The zero-order valence-corrected chi connectivity index (χ0v) is 10.7. The van der Waals surface area contributed by atoms with Crippen LogP contribution in [0.4, 0.5) is 10.1 Å². The van der Waals surface area contributed by atoms with Gasteiger partial charge in [0.1, 0.15) is 17.6 Å². The Morgan fingerprint density at radius 3 is 2.61 bits per heavy atom. The number of nitriles is 1. The summed E-state index contributed by atoms with van der Waals surface area (Å²) in [4.78, 5) is 0. The topological polar surface area (TPSA) is 59.0 Å². The molecule has 0 amide bonds. The van der Waals surface area contributed by atoms with Crippen LogP contribution in [0.1, 0.15) is 5.56 Å². The Bertz CT molecular complexity index is 637. The summed E-state index contributed by atoms with van der Waals surface area (Å²) in [5.74, 6) is 0.241. The third-order valence-corrected chi connectivity index (χ3v) is 2.75. The van der Waals surface area contributed by atoms with Crippen LogP contribution in [0, 0.1) is 17.1 Å². The van der Waals surface area contributed by atoms with Gasteiger partial charge in [-0.05, 0) is 30.3 Å². The average molecular weight is 307 g/mol. The fourth-order valence-electron chi connectivity index (χ4n) is 1.40. The first-order valence-electron chi connectivity index (χ1n) is 5.02. The van der Waals surface area contributed by atoms with Gasteiger partial charge in [-0.1, -0.05) is 15.9 Å². The van der Waals surface area contributed by atoms with Crippen molar-refractivity contribution in [2.75, 3.05) is 5.73 Å². The van der Waals surface area contributed by atoms with Crippen molar-refractivity contribution in [3.05, 3.63) is 52.3 Å². The number of halogens is 2. The maximum Gasteiger partial charge on any atom is 0.150 e. The van der Waals surface area contributed by atoms with Crippen LogP contribution in [0.2, 0.25) is 0 Å². The van der Waals surface area contributed by atoms with E-state index in [-0.39, 0.29) is 5.69 Å². The molecule has 0 unspecified atom stereocenters. The van der Waals surface area contributed by atoms with E-state index in [9.17, 15) is 4.39 Å². The lowest BCUT2D eigenvalue weighted by Gasteiger charge is -2.10. The SMILES string of the molecule is N#Cc1ccc(Br)cc1Oc1ccc(F)cc1N. The van der Waals surface area contributed by atoms with Crippen molar-refractivity contribution >= 4 is 21.6 Å². The number of hydrogen-bond donors (Lipinski definition) is 1. The van der Waals surface area contributed by atoms with Gasteiger partial charge in [0.25, 0.3) is 0 Å². The lowest BCUT2D eigenvalue weighted by molar-refractivity contribution is 0.481. The van der Waals surface area contributed by atoms with Gasteiger partial charge in [-0.15, -0.1) is 0 Å². The fraction of sp³-hybridized carbons (Fsp3) is 0. The zero-order chi connectivity index (χ0) is 13.1. The summed E-state index contributed by atoms with van der Waals surface area (Å²) in [6, 6.07) is 10.9. The highest BCUT2D eigenvalue weighted by atomic mass is 79.9. The van der Waals surface area contributed by atoms with Gasteiger partial charge in [-0.3, -0.25) is 0 Å². The minimum atomic E-state index is -0.436. The third-order valence-electron chi connectivity index (χ3n) is 2.26. The third kappa shape index (κ3) is 2.60. The average Bonchev–Trinajstić information content (AvgIpc) is 2.33. The number of hydrogen-bond acceptors (Lipinski definition) is 3. The highest BCUT2D eigenvalue weighted by Gasteiger charge is 2.08. The van der Waals surface area contributed by atoms with E-state index in [4.69, 9.17) is 15.7 Å². The summed E-state index contributed by atoms with van der Waals surface area (Å²) in [5.41, 5.74) is 6.20. The summed E-state index contributed by atoms with van der Waals surface area (Å²) < 4.78 is 19.2. The molecule has 0 saturated carbocycles. The lowest BCUT2D eigenvalue weighted by Crippen LogP contribution is -1.94. The van der Waals surface area contributed by atoms with Crippen LogP contribution in [0.15, 0.2) is 40.9 Å². The normalized spacial score (nSPS) is 9.83. The van der Waals surface area contributed by atoms with Crippen LogP contribution in [-0.2, 0) is 0 Å². The van der Waals surface area contributed by atoms with E-state index < -0.39 is 5.82 Å². The summed E-state index contributed by atoms with van der Waals surface area (Å²) >= 11 is 3.29. The number of nitrogens with zero attached hydrogens (tertiary/aromatic N) is 1. The van der Waals surface area contributed by atoms with Crippen LogP contribution < -0.4 is 10.5 Å². The molecule has 0 aliphatic rings. The Balaban J connectivity index is 2.40. The van der Waals surface area contributed by atoms with Gasteiger partial charge in [0.05, 0.1) is 11.3 Å². The Morgan fingerprint density at radius 2 is 1.94 bits per heavy atom. The maximum atomic E-state index is 12.9. The molecule has 0 aromatic heterocycles. The second-order valence-corrected chi connectivity index (χ2v) is 4.45. The zero-order valence-electron chi connectivity index (χ0n) is 9.15. The molecule has 2 rings (SSSR count). The number of nitrogens with two attached hydrogens (primary N) is 1. The first kappa shape index (κ1) is 12.4. The Labute approximate surface area is 112 Å².